The summed E-state index contributed by atoms with van der Waals surface area (Å²) in [6.07, 6.45) is 1.14. The van der Waals surface area contributed by atoms with Gasteiger partial charge < -0.3 is 9.88 Å². The molecule has 0 fully saturated rings. The molecular formula is C11H22N4S. The number of nitrogens with one attached hydrogen (secondary N) is 1. The van der Waals surface area contributed by atoms with E-state index in [2.05, 4.69) is 36.3 Å². The van der Waals surface area contributed by atoms with Crippen LogP contribution in [0.2, 0.25) is 0 Å². The zero-order chi connectivity index (χ0) is 12.2. The van der Waals surface area contributed by atoms with Crippen LogP contribution in [0.25, 0.3) is 0 Å². The van der Waals surface area contributed by atoms with E-state index in [1.165, 1.54) is 0 Å². The second-order valence-electron chi connectivity index (χ2n) is 4.60. The van der Waals surface area contributed by atoms with Crippen molar-refractivity contribution in [1.82, 2.24) is 20.1 Å². The van der Waals surface area contributed by atoms with Gasteiger partial charge in [0.1, 0.15) is 5.82 Å². The minimum Gasteiger partial charge on any atom is -0.311 e. The molecule has 0 aliphatic carbocycles. The number of aryl methyl sites for hydroxylation is 1. The fourth-order valence-corrected chi connectivity index (χ4v) is 1.98. The Morgan fingerprint density at radius 1 is 1.38 bits per heavy atom. The smallest absolute Gasteiger partial charge is 0.190 e. The lowest BCUT2D eigenvalue weighted by atomic mass is 10.0. The highest BCUT2D eigenvalue weighted by Gasteiger charge is 2.13. The highest BCUT2D eigenvalue weighted by atomic mass is 32.2. The van der Waals surface area contributed by atoms with Gasteiger partial charge in [-0.1, -0.05) is 18.7 Å². The third-order valence-corrected chi connectivity index (χ3v) is 3.90. The van der Waals surface area contributed by atoms with Gasteiger partial charge in [-0.15, -0.1) is 10.2 Å². The third kappa shape index (κ3) is 3.79. The molecule has 0 saturated carbocycles. The molecule has 4 nitrogen and oxygen atoms in total. The molecule has 1 aromatic rings. The average molecular weight is 242 g/mol. The summed E-state index contributed by atoms with van der Waals surface area (Å²) in [5.41, 5.74) is 0.233. The second kappa shape index (κ2) is 5.68. The molecule has 0 atom stereocenters. The van der Waals surface area contributed by atoms with Gasteiger partial charge in [0.25, 0.3) is 0 Å². The predicted molar refractivity (Wildman–Crippen MR) is 68.8 cm³/mol. The van der Waals surface area contributed by atoms with E-state index in [4.69, 9.17) is 0 Å². The Morgan fingerprint density at radius 3 is 2.56 bits per heavy atom. The van der Waals surface area contributed by atoms with E-state index >= 15 is 0 Å². The van der Waals surface area contributed by atoms with Crippen LogP contribution in [0.15, 0.2) is 5.16 Å². The van der Waals surface area contributed by atoms with E-state index in [1.54, 1.807) is 11.8 Å². The normalized spacial score (nSPS) is 12.1. The standard InChI is InChI=1S/C11H22N4S/c1-6-11(3,4)12-7-8-16-10-14-13-9(2)15(10)5/h12H,6-8H2,1-5H3. The highest BCUT2D eigenvalue weighted by Crippen LogP contribution is 2.15. The van der Waals surface area contributed by atoms with Crippen molar-refractivity contribution in [3.8, 4) is 0 Å². The number of nitrogens with zero attached hydrogens (tertiary/aromatic N) is 3. The Hall–Kier alpha value is -0.550. The summed E-state index contributed by atoms with van der Waals surface area (Å²) in [4.78, 5) is 0. The lowest BCUT2D eigenvalue weighted by molar-refractivity contribution is 0.388. The summed E-state index contributed by atoms with van der Waals surface area (Å²) < 4.78 is 2.02. The Kier molecular flexibility index (Phi) is 4.80. The molecule has 0 spiro atoms. The van der Waals surface area contributed by atoms with Gasteiger partial charge in [-0.2, -0.15) is 0 Å². The van der Waals surface area contributed by atoms with E-state index in [0.717, 1.165) is 29.7 Å². The van der Waals surface area contributed by atoms with Crippen molar-refractivity contribution in [2.45, 2.75) is 44.8 Å². The summed E-state index contributed by atoms with van der Waals surface area (Å²) in [5, 5.41) is 12.7. The van der Waals surface area contributed by atoms with Crippen LogP contribution in [0.4, 0.5) is 0 Å². The Morgan fingerprint density at radius 2 is 2.06 bits per heavy atom. The van der Waals surface area contributed by atoms with Gasteiger partial charge >= 0.3 is 0 Å². The molecule has 0 aromatic carbocycles. The first-order valence-corrected chi connectivity index (χ1v) is 6.68. The Balaban J connectivity index is 2.29. The molecule has 1 aromatic heterocycles. The number of hydrogen-bond acceptors (Lipinski definition) is 4. The van der Waals surface area contributed by atoms with Crippen molar-refractivity contribution < 1.29 is 0 Å². The number of thioether (sulfide) groups is 1. The molecule has 0 amide bonds. The van der Waals surface area contributed by atoms with Gasteiger partial charge in [-0.25, -0.2) is 0 Å². The first-order valence-electron chi connectivity index (χ1n) is 5.70. The van der Waals surface area contributed by atoms with Gasteiger partial charge in [-0.3, -0.25) is 0 Å². The summed E-state index contributed by atoms with van der Waals surface area (Å²) in [6, 6.07) is 0. The van der Waals surface area contributed by atoms with Crippen molar-refractivity contribution in [2.24, 2.45) is 7.05 Å². The fourth-order valence-electron chi connectivity index (χ4n) is 1.17. The summed E-state index contributed by atoms with van der Waals surface area (Å²) >= 11 is 1.75. The van der Waals surface area contributed by atoms with Crippen LogP contribution in [0.5, 0.6) is 0 Å². The van der Waals surface area contributed by atoms with E-state index in [0.29, 0.717) is 0 Å². The highest BCUT2D eigenvalue weighted by molar-refractivity contribution is 7.99. The van der Waals surface area contributed by atoms with E-state index < -0.39 is 0 Å². The summed E-state index contributed by atoms with van der Waals surface area (Å²) in [6.45, 7) is 9.62. The molecule has 0 unspecified atom stereocenters. The first kappa shape index (κ1) is 13.5. The van der Waals surface area contributed by atoms with Crippen LogP contribution in [0.1, 0.15) is 33.0 Å². The molecule has 1 rings (SSSR count). The lowest BCUT2D eigenvalue weighted by Gasteiger charge is -2.24. The molecule has 0 bridgehead atoms. The number of hydrogen-bond donors (Lipinski definition) is 1. The fraction of sp³-hybridized carbons (Fsp3) is 0.818. The average Bonchev–Trinajstić information content (AvgIpc) is 2.56. The van der Waals surface area contributed by atoms with Crippen molar-refractivity contribution in [3.05, 3.63) is 5.82 Å². The monoisotopic (exact) mass is 242 g/mol. The second-order valence-corrected chi connectivity index (χ2v) is 5.66. The van der Waals surface area contributed by atoms with Gasteiger partial charge in [0.2, 0.25) is 0 Å². The van der Waals surface area contributed by atoms with Gasteiger partial charge in [0.05, 0.1) is 0 Å². The quantitative estimate of drug-likeness (QED) is 0.612. The maximum atomic E-state index is 4.12. The van der Waals surface area contributed by atoms with Crippen molar-refractivity contribution in [1.29, 1.82) is 0 Å². The molecule has 1 heterocycles. The topological polar surface area (TPSA) is 42.7 Å². The molecule has 1 N–H and O–H groups in total. The summed E-state index contributed by atoms with van der Waals surface area (Å²) in [7, 11) is 2.00. The van der Waals surface area contributed by atoms with Crippen LogP contribution in [-0.4, -0.2) is 32.6 Å². The number of rotatable bonds is 6. The zero-order valence-corrected chi connectivity index (χ0v) is 11.7. The van der Waals surface area contributed by atoms with Gasteiger partial charge in [-0.05, 0) is 27.2 Å². The van der Waals surface area contributed by atoms with E-state index in [9.17, 15) is 0 Å². The molecule has 92 valence electrons. The Bertz CT molecular complexity index is 333. The molecule has 0 aliphatic rings. The van der Waals surface area contributed by atoms with Crippen molar-refractivity contribution >= 4 is 11.8 Å². The van der Waals surface area contributed by atoms with E-state index in [-0.39, 0.29) is 5.54 Å². The van der Waals surface area contributed by atoms with Gasteiger partial charge in [0, 0.05) is 24.9 Å². The van der Waals surface area contributed by atoms with Crippen LogP contribution in [0.3, 0.4) is 0 Å². The molecule has 0 radical (unpaired) electrons. The van der Waals surface area contributed by atoms with Gasteiger partial charge in [0.15, 0.2) is 5.16 Å². The molecule has 0 aliphatic heterocycles. The zero-order valence-electron chi connectivity index (χ0n) is 10.9. The van der Waals surface area contributed by atoms with Crippen LogP contribution < -0.4 is 5.32 Å². The maximum absolute atomic E-state index is 4.12. The van der Waals surface area contributed by atoms with Crippen molar-refractivity contribution in [2.75, 3.05) is 12.3 Å². The van der Waals surface area contributed by atoms with Crippen LogP contribution in [-0.2, 0) is 7.05 Å². The largest absolute Gasteiger partial charge is 0.311 e. The minimum atomic E-state index is 0.233. The third-order valence-electron chi connectivity index (χ3n) is 2.87. The Labute approximate surface area is 102 Å². The number of aromatic nitrogens is 3. The lowest BCUT2D eigenvalue weighted by Crippen LogP contribution is -2.39. The minimum absolute atomic E-state index is 0.233. The van der Waals surface area contributed by atoms with E-state index in [1.807, 2.05) is 18.5 Å². The first-order chi connectivity index (χ1) is 7.46. The molecule has 16 heavy (non-hydrogen) atoms. The molecular weight excluding hydrogens is 220 g/mol. The predicted octanol–water partition coefficient (Wildman–Crippen LogP) is 1.99. The van der Waals surface area contributed by atoms with Crippen LogP contribution in [0, 0.1) is 6.92 Å². The molecule has 0 saturated heterocycles. The molecule has 5 heteroatoms. The summed E-state index contributed by atoms with van der Waals surface area (Å²) in [5.74, 6) is 1.99. The van der Waals surface area contributed by atoms with Crippen molar-refractivity contribution in [3.63, 3.8) is 0 Å². The SMILES string of the molecule is CCC(C)(C)NCCSc1nnc(C)n1C. The van der Waals surface area contributed by atoms with Crippen LogP contribution >= 0.6 is 11.8 Å². The maximum Gasteiger partial charge on any atom is 0.190 e.